The molecule has 2 heteroatoms. The third kappa shape index (κ3) is 7.38. The van der Waals surface area contributed by atoms with E-state index in [-0.39, 0.29) is 0 Å². The normalized spacial score (nSPS) is 21.3. The summed E-state index contributed by atoms with van der Waals surface area (Å²) in [5.41, 5.74) is 0. The van der Waals surface area contributed by atoms with Gasteiger partial charge in [0.15, 0.2) is 0 Å². The molecule has 1 aliphatic rings. The number of unbranched alkanes of at least 4 members (excludes halogenated alkanes) is 4. The maximum atomic E-state index is 5.77. The molecule has 0 aliphatic carbocycles. The van der Waals surface area contributed by atoms with Crippen molar-refractivity contribution < 1.29 is 4.74 Å². The highest BCUT2D eigenvalue weighted by Crippen LogP contribution is 2.19. The van der Waals surface area contributed by atoms with Crippen LogP contribution in [0.5, 0.6) is 0 Å². The first kappa shape index (κ1) is 16.0. The molecular weight excluding hydrogens is 222 g/mol. The van der Waals surface area contributed by atoms with Gasteiger partial charge in [0.2, 0.25) is 0 Å². The van der Waals surface area contributed by atoms with Gasteiger partial charge in [-0.05, 0) is 38.6 Å². The highest BCUT2D eigenvalue weighted by molar-refractivity contribution is 4.75. The van der Waals surface area contributed by atoms with Crippen LogP contribution in [0.1, 0.15) is 78.1 Å². The Labute approximate surface area is 114 Å². The Balaban J connectivity index is 2.13. The van der Waals surface area contributed by atoms with Gasteiger partial charge >= 0.3 is 0 Å². The van der Waals surface area contributed by atoms with E-state index in [1.165, 1.54) is 64.2 Å². The van der Waals surface area contributed by atoms with Gasteiger partial charge in [-0.2, -0.15) is 0 Å². The average molecular weight is 255 g/mol. The van der Waals surface area contributed by atoms with Gasteiger partial charge in [0, 0.05) is 12.6 Å². The largest absolute Gasteiger partial charge is 0.378 e. The van der Waals surface area contributed by atoms with Gasteiger partial charge in [-0.3, -0.25) is 0 Å². The molecule has 1 aliphatic heterocycles. The molecule has 1 heterocycles. The zero-order valence-electron chi connectivity index (χ0n) is 12.5. The summed E-state index contributed by atoms with van der Waals surface area (Å²) in [6.45, 7) is 6.68. The summed E-state index contributed by atoms with van der Waals surface area (Å²) in [7, 11) is 0. The summed E-state index contributed by atoms with van der Waals surface area (Å²) < 4.78 is 5.77. The van der Waals surface area contributed by atoms with Crippen LogP contribution in [-0.4, -0.2) is 25.3 Å². The Morgan fingerprint density at radius 3 is 2.61 bits per heavy atom. The molecule has 1 N–H and O–H groups in total. The monoisotopic (exact) mass is 255 g/mol. The molecule has 2 atom stereocenters. The van der Waals surface area contributed by atoms with Gasteiger partial charge < -0.3 is 10.1 Å². The summed E-state index contributed by atoms with van der Waals surface area (Å²) in [6, 6.07) is 0.690. The fourth-order valence-corrected chi connectivity index (χ4v) is 2.79. The SMILES string of the molecule is CCCCCCCC(CC1CCCO1)NCCC. The third-order valence-electron chi connectivity index (χ3n) is 3.91. The van der Waals surface area contributed by atoms with Crippen LogP contribution in [0.25, 0.3) is 0 Å². The lowest BCUT2D eigenvalue weighted by atomic mass is 10.00. The number of rotatable bonds is 11. The van der Waals surface area contributed by atoms with E-state index in [9.17, 15) is 0 Å². The van der Waals surface area contributed by atoms with Crippen molar-refractivity contribution >= 4 is 0 Å². The topological polar surface area (TPSA) is 21.3 Å². The van der Waals surface area contributed by atoms with E-state index in [1.807, 2.05) is 0 Å². The number of hydrogen-bond donors (Lipinski definition) is 1. The zero-order chi connectivity index (χ0) is 13.1. The molecule has 0 spiro atoms. The third-order valence-corrected chi connectivity index (χ3v) is 3.91. The van der Waals surface area contributed by atoms with E-state index in [1.54, 1.807) is 0 Å². The van der Waals surface area contributed by atoms with Crippen molar-refractivity contribution in [1.29, 1.82) is 0 Å². The van der Waals surface area contributed by atoms with E-state index >= 15 is 0 Å². The van der Waals surface area contributed by atoms with Crippen molar-refractivity contribution in [3.63, 3.8) is 0 Å². The molecule has 1 saturated heterocycles. The standard InChI is InChI=1S/C16H33NO/c1-3-5-6-7-8-10-15(17-12-4-2)14-16-11-9-13-18-16/h15-17H,3-14H2,1-2H3. The quantitative estimate of drug-likeness (QED) is 0.556. The maximum Gasteiger partial charge on any atom is 0.0590 e. The van der Waals surface area contributed by atoms with Crippen LogP contribution in [0.3, 0.4) is 0 Å². The molecule has 0 bridgehead atoms. The predicted octanol–water partition coefficient (Wildman–Crippen LogP) is 4.28. The zero-order valence-corrected chi connectivity index (χ0v) is 12.5. The summed E-state index contributed by atoms with van der Waals surface area (Å²) >= 11 is 0. The van der Waals surface area contributed by atoms with E-state index in [2.05, 4.69) is 19.2 Å². The first-order chi connectivity index (χ1) is 8.86. The van der Waals surface area contributed by atoms with Crippen LogP contribution in [0.15, 0.2) is 0 Å². The van der Waals surface area contributed by atoms with E-state index < -0.39 is 0 Å². The second kappa shape index (κ2) is 10.8. The van der Waals surface area contributed by atoms with Crippen molar-refractivity contribution in [3.05, 3.63) is 0 Å². The van der Waals surface area contributed by atoms with Crippen molar-refractivity contribution in [2.45, 2.75) is 90.2 Å². The molecule has 0 radical (unpaired) electrons. The van der Waals surface area contributed by atoms with Crippen LogP contribution < -0.4 is 5.32 Å². The molecule has 1 fully saturated rings. The van der Waals surface area contributed by atoms with Crippen molar-refractivity contribution in [3.8, 4) is 0 Å². The predicted molar refractivity (Wildman–Crippen MR) is 79.0 cm³/mol. The second-order valence-electron chi connectivity index (χ2n) is 5.72. The van der Waals surface area contributed by atoms with Crippen LogP contribution in [0, 0.1) is 0 Å². The lowest BCUT2D eigenvalue weighted by Gasteiger charge is -2.21. The second-order valence-corrected chi connectivity index (χ2v) is 5.72. The Morgan fingerprint density at radius 1 is 1.11 bits per heavy atom. The van der Waals surface area contributed by atoms with Crippen molar-refractivity contribution in [1.82, 2.24) is 5.32 Å². The molecule has 2 nitrogen and oxygen atoms in total. The Hall–Kier alpha value is -0.0800. The minimum atomic E-state index is 0.537. The molecule has 1 rings (SSSR count). The molecule has 108 valence electrons. The van der Waals surface area contributed by atoms with Gasteiger partial charge in [-0.15, -0.1) is 0 Å². The maximum absolute atomic E-state index is 5.77. The van der Waals surface area contributed by atoms with Crippen LogP contribution in [0.4, 0.5) is 0 Å². The van der Waals surface area contributed by atoms with Crippen LogP contribution in [0.2, 0.25) is 0 Å². The van der Waals surface area contributed by atoms with Crippen LogP contribution in [-0.2, 0) is 4.74 Å². The molecular formula is C16H33NO. The van der Waals surface area contributed by atoms with Crippen molar-refractivity contribution in [2.75, 3.05) is 13.2 Å². The Bertz CT molecular complexity index is 178. The molecule has 18 heavy (non-hydrogen) atoms. The first-order valence-corrected chi connectivity index (χ1v) is 8.21. The van der Waals surface area contributed by atoms with Gasteiger partial charge in [-0.1, -0.05) is 46.0 Å². The minimum absolute atomic E-state index is 0.537. The lowest BCUT2D eigenvalue weighted by molar-refractivity contribution is 0.0933. The number of hydrogen-bond acceptors (Lipinski definition) is 2. The minimum Gasteiger partial charge on any atom is -0.378 e. The van der Waals surface area contributed by atoms with Gasteiger partial charge in [0.1, 0.15) is 0 Å². The molecule has 2 unspecified atom stereocenters. The smallest absolute Gasteiger partial charge is 0.0590 e. The van der Waals surface area contributed by atoms with E-state index in [0.29, 0.717) is 12.1 Å². The fourth-order valence-electron chi connectivity index (χ4n) is 2.79. The van der Waals surface area contributed by atoms with Gasteiger partial charge in [0.25, 0.3) is 0 Å². The van der Waals surface area contributed by atoms with E-state index in [4.69, 9.17) is 4.74 Å². The molecule has 0 aromatic rings. The summed E-state index contributed by atoms with van der Waals surface area (Å²) in [6.07, 6.45) is 13.8. The Kier molecular flexibility index (Phi) is 9.59. The summed E-state index contributed by atoms with van der Waals surface area (Å²) in [5.74, 6) is 0. The van der Waals surface area contributed by atoms with E-state index in [0.717, 1.165) is 13.2 Å². The Morgan fingerprint density at radius 2 is 1.94 bits per heavy atom. The lowest BCUT2D eigenvalue weighted by Crippen LogP contribution is -2.33. The summed E-state index contributed by atoms with van der Waals surface area (Å²) in [4.78, 5) is 0. The highest BCUT2D eigenvalue weighted by atomic mass is 16.5. The summed E-state index contributed by atoms with van der Waals surface area (Å²) in [5, 5.41) is 3.71. The molecule has 0 aromatic heterocycles. The molecule has 0 aromatic carbocycles. The number of ether oxygens (including phenoxy) is 1. The molecule has 0 saturated carbocycles. The average Bonchev–Trinajstić information content (AvgIpc) is 2.88. The van der Waals surface area contributed by atoms with Crippen molar-refractivity contribution in [2.24, 2.45) is 0 Å². The first-order valence-electron chi connectivity index (χ1n) is 8.21. The fraction of sp³-hybridized carbons (Fsp3) is 1.00. The van der Waals surface area contributed by atoms with Crippen LogP contribution >= 0.6 is 0 Å². The van der Waals surface area contributed by atoms with Gasteiger partial charge in [0.05, 0.1) is 6.10 Å². The molecule has 0 amide bonds. The highest BCUT2D eigenvalue weighted by Gasteiger charge is 2.20. The number of nitrogens with one attached hydrogen (secondary N) is 1. The van der Waals surface area contributed by atoms with Gasteiger partial charge in [-0.25, -0.2) is 0 Å².